The molecule has 0 aromatic rings. The van der Waals surface area contributed by atoms with Crippen LogP contribution in [0.5, 0.6) is 0 Å². The average molecular weight is 174 g/mol. The van der Waals surface area contributed by atoms with Crippen LogP contribution in [0.15, 0.2) is 0 Å². The lowest BCUT2D eigenvalue weighted by Crippen LogP contribution is -2.50. The number of carbonyl (C=O) groups excluding carboxylic acids is 1. The summed E-state index contributed by atoms with van der Waals surface area (Å²) in [7, 11) is 0. The van der Waals surface area contributed by atoms with Crippen molar-refractivity contribution in [3.8, 4) is 0 Å². The molecule has 1 fully saturated rings. The summed E-state index contributed by atoms with van der Waals surface area (Å²) in [5.41, 5.74) is 0. The van der Waals surface area contributed by atoms with E-state index in [1.165, 1.54) is 0 Å². The van der Waals surface area contributed by atoms with Crippen molar-refractivity contribution in [2.75, 3.05) is 19.6 Å². The van der Waals surface area contributed by atoms with E-state index in [0.29, 0.717) is 6.04 Å². The van der Waals surface area contributed by atoms with Crippen molar-refractivity contribution in [1.29, 1.82) is 0 Å². The first-order valence-corrected chi connectivity index (χ1v) is 4.22. The fourth-order valence-electron chi connectivity index (χ4n) is 1.41. The SMILES string of the molecule is CC(=O)N1CCN(S)C[C@@H]1C. The first kappa shape index (κ1) is 8.87. The first-order valence-electron chi connectivity index (χ1n) is 3.82. The van der Waals surface area contributed by atoms with Gasteiger partial charge in [0.2, 0.25) is 5.91 Å². The van der Waals surface area contributed by atoms with E-state index < -0.39 is 0 Å². The third-order valence-corrected chi connectivity index (χ3v) is 2.37. The van der Waals surface area contributed by atoms with Gasteiger partial charge >= 0.3 is 0 Å². The highest BCUT2D eigenvalue weighted by atomic mass is 32.1. The van der Waals surface area contributed by atoms with Gasteiger partial charge in [0.1, 0.15) is 0 Å². The number of hydrogen-bond acceptors (Lipinski definition) is 3. The first-order chi connectivity index (χ1) is 5.11. The lowest BCUT2D eigenvalue weighted by atomic mass is 10.2. The average Bonchev–Trinajstić information content (AvgIpc) is 1.85. The molecule has 4 heteroatoms. The van der Waals surface area contributed by atoms with Gasteiger partial charge in [0.05, 0.1) is 0 Å². The highest BCUT2D eigenvalue weighted by molar-refractivity contribution is 7.77. The molecule has 0 bridgehead atoms. The zero-order valence-electron chi connectivity index (χ0n) is 6.95. The summed E-state index contributed by atoms with van der Waals surface area (Å²) >= 11 is 4.23. The molecular weight excluding hydrogens is 160 g/mol. The van der Waals surface area contributed by atoms with E-state index in [0.717, 1.165) is 19.6 Å². The summed E-state index contributed by atoms with van der Waals surface area (Å²) in [4.78, 5) is 12.9. The maximum Gasteiger partial charge on any atom is 0.219 e. The second kappa shape index (κ2) is 3.45. The van der Waals surface area contributed by atoms with Crippen molar-refractivity contribution in [2.45, 2.75) is 19.9 Å². The fraction of sp³-hybridized carbons (Fsp3) is 0.857. The molecule has 0 N–H and O–H groups in total. The number of thiol groups is 1. The molecule has 1 aliphatic rings. The van der Waals surface area contributed by atoms with Crippen LogP contribution >= 0.6 is 12.8 Å². The van der Waals surface area contributed by atoms with Crippen molar-refractivity contribution < 1.29 is 4.79 Å². The second-order valence-electron chi connectivity index (χ2n) is 2.97. The van der Waals surface area contributed by atoms with Gasteiger partial charge in [0.15, 0.2) is 0 Å². The smallest absolute Gasteiger partial charge is 0.219 e. The van der Waals surface area contributed by atoms with Gasteiger partial charge in [0.25, 0.3) is 0 Å². The minimum atomic E-state index is 0.166. The van der Waals surface area contributed by atoms with E-state index >= 15 is 0 Å². The molecule has 0 unspecified atom stereocenters. The highest BCUT2D eigenvalue weighted by Crippen LogP contribution is 2.10. The van der Waals surface area contributed by atoms with Crippen molar-refractivity contribution in [3.05, 3.63) is 0 Å². The molecule has 64 valence electrons. The van der Waals surface area contributed by atoms with Crippen molar-refractivity contribution in [1.82, 2.24) is 9.21 Å². The Hall–Kier alpha value is -0.220. The Morgan fingerprint density at radius 3 is 2.64 bits per heavy atom. The van der Waals surface area contributed by atoms with E-state index in [-0.39, 0.29) is 5.91 Å². The van der Waals surface area contributed by atoms with Gasteiger partial charge in [-0.2, -0.15) is 0 Å². The van der Waals surface area contributed by atoms with E-state index in [1.54, 1.807) is 6.92 Å². The standard InChI is InChI=1S/C7H14N2OS/c1-6-5-8(11)3-4-9(6)7(2)10/h6,11H,3-5H2,1-2H3/t6-/m0/s1. The quantitative estimate of drug-likeness (QED) is 0.537. The van der Waals surface area contributed by atoms with Crippen LogP contribution in [0, 0.1) is 0 Å². The number of hydrogen-bond donors (Lipinski definition) is 1. The Bertz CT molecular complexity index is 163. The van der Waals surface area contributed by atoms with Crippen molar-refractivity contribution >= 4 is 18.7 Å². The summed E-state index contributed by atoms with van der Waals surface area (Å²) in [6.45, 7) is 6.20. The molecule has 1 aliphatic heterocycles. The summed E-state index contributed by atoms with van der Waals surface area (Å²) < 4.78 is 1.95. The number of piperazine rings is 1. The lowest BCUT2D eigenvalue weighted by Gasteiger charge is -2.36. The summed E-state index contributed by atoms with van der Waals surface area (Å²) in [6, 6.07) is 0.304. The van der Waals surface area contributed by atoms with Gasteiger partial charge in [-0.15, -0.1) is 0 Å². The van der Waals surface area contributed by atoms with Crippen LogP contribution in [0.25, 0.3) is 0 Å². The maximum absolute atomic E-state index is 11.0. The minimum Gasteiger partial charge on any atom is -0.338 e. The number of amides is 1. The monoisotopic (exact) mass is 174 g/mol. The topological polar surface area (TPSA) is 23.6 Å². The number of nitrogens with zero attached hydrogens (tertiary/aromatic N) is 2. The van der Waals surface area contributed by atoms with E-state index in [4.69, 9.17) is 0 Å². The summed E-state index contributed by atoms with van der Waals surface area (Å²) in [5, 5.41) is 0. The van der Waals surface area contributed by atoms with E-state index in [2.05, 4.69) is 12.8 Å². The normalized spacial score (nSPS) is 27.2. The van der Waals surface area contributed by atoms with Crippen LogP contribution in [0.2, 0.25) is 0 Å². The fourth-order valence-corrected chi connectivity index (χ4v) is 1.73. The van der Waals surface area contributed by atoms with Crippen LogP contribution < -0.4 is 0 Å². The summed E-state index contributed by atoms with van der Waals surface area (Å²) in [5.74, 6) is 0.166. The minimum absolute atomic E-state index is 0.166. The Labute approximate surface area is 72.9 Å². The van der Waals surface area contributed by atoms with Crippen LogP contribution in [-0.2, 0) is 4.79 Å². The Morgan fingerprint density at radius 2 is 2.18 bits per heavy atom. The zero-order chi connectivity index (χ0) is 8.43. The van der Waals surface area contributed by atoms with E-state index in [1.807, 2.05) is 16.1 Å². The highest BCUT2D eigenvalue weighted by Gasteiger charge is 2.23. The Balaban J connectivity index is 2.50. The second-order valence-corrected chi connectivity index (χ2v) is 3.54. The summed E-state index contributed by atoms with van der Waals surface area (Å²) in [6.07, 6.45) is 0. The van der Waals surface area contributed by atoms with Gasteiger partial charge in [-0.1, -0.05) is 12.8 Å². The Kier molecular flexibility index (Phi) is 2.78. The molecule has 0 radical (unpaired) electrons. The number of rotatable bonds is 0. The van der Waals surface area contributed by atoms with Gasteiger partial charge in [-0.05, 0) is 6.92 Å². The molecule has 11 heavy (non-hydrogen) atoms. The molecule has 1 rings (SSSR count). The van der Waals surface area contributed by atoms with Crippen LogP contribution in [0.3, 0.4) is 0 Å². The predicted molar refractivity (Wildman–Crippen MR) is 47.4 cm³/mol. The molecule has 0 aliphatic carbocycles. The van der Waals surface area contributed by atoms with Gasteiger partial charge in [-0.3, -0.25) is 4.79 Å². The molecule has 1 saturated heterocycles. The zero-order valence-corrected chi connectivity index (χ0v) is 7.84. The third kappa shape index (κ3) is 2.10. The van der Waals surface area contributed by atoms with Gasteiger partial charge in [0, 0.05) is 32.6 Å². The molecule has 1 amide bonds. The van der Waals surface area contributed by atoms with Crippen LogP contribution in [0.4, 0.5) is 0 Å². The number of carbonyl (C=O) groups is 1. The largest absolute Gasteiger partial charge is 0.338 e. The molecule has 3 nitrogen and oxygen atoms in total. The van der Waals surface area contributed by atoms with Crippen LogP contribution in [-0.4, -0.2) is 40.8 Å². The predicted octanol–water partition coefficient (Wildman–Crippen LogP) is 0.384. The Morgan fingerprint density at radius 1 is 1.55 bits per heavy atom. The third-order valence-electron chi connectivity index (χ3n) is 2.01. The molecule has 1 atom stereocenters. The molecule has 0 saturated carbocycles. The maximum atomic E-state index is 11.0. The van der Waals surface area contributed by atoms with Crippen molar-refractivity contribution in [2.24, 2.45) is 0 Å². The van der Waals surface area contributed by atoms with Crippen LogP contribution in [0.1, 0.15) is 13.8 Å². The molecule has 1 heterocycles. The molecular formula is C7H14N2OS. The van der Waals surface area contributed by atoms with Gasteiger partial charge in [-0.25, -0.2) is 4.31 Å². The molecule has 0 aromatic carbocycles. The van der Waals surface area contributed by atoms with Crippen molar-refractivity contribution in [3.63, 3.8) is 0 Å². The van der Waals surface area contributed by atoms with Gasteiger partial charge < -0.3 is 4.90 Å². The molecule has 0 aromatic heterocycles. The molecule has 0 spiro atoms. The van der Waals surface area contributed by atoms with E-state index in [9.17, 15) is 4.79 Å². The lowest BCUT2D eigenvalue weighted by molar-refractivity contribution is -0.132.